The molecule has 0 bridgehead atoms. The van der Waals surface area contributed by atoms with Crippen LogP contribution in [0.1, 0.15) is 5.56 Å². The molecule has 172 valence electrons. The highest BCUT2D eigenvalue weighted by atomic mass is 79.9. The van der Waals surface area contributed by atoms with Crippen LogP contribution in [0.2, 0.25) is 0 Å². The molecule has 0 unspecified atom stereocenters. The van der Waals surface area contributed by atoms with Crippen LogP contribution in [0.25, 0.3) is 10.9 Å². The molecule has 0 amide bonds. The monoisotopic (exact) mass is 528 g/mol. The number of halogens is 1. The molecular weight excluding hydrogens is 512 g/mol. The lowest BCUT2D eigenvalue weighted by atomic mass is 10.2. The first-order valence-electron chi connectivity index (χ1n) is 10.5. The van der Waals surface area contributed by atoms with Crippen LogP contribution in [0, 0.1) is 10.1 Å². The number of aromatic nitrogens is 4. The first kappa shape index (κ1) is 22.4. The minimum absolute atomic E-state index is 0.0666. The minimum Gasteiger partial charge on any atom is -0.431 e. The molecule has 3 heterocycles. The van der Waals surface area contributed by atoms with Gasteiger partial charge in [-0.15, -0.1) is 0 Å². The average Bonchev–Trinajstić information content (AvgIpc) is 2.90. The molecule has 10 heteroatoms. The van der Waals surface area contributed by atoms with E-state index in [1.165, 1.54) is 6.33 Å². The normalized spacial score (nSPS) is 10.8. The molecule has 35 heavy (non-hydrogen) atoms. The van der Waals surface area contributed by atoms with Crippen LogP contribution in [0.4, 0.5) is 17.3 Å². The molecule has 0 aliphatic carbocycles. The zero-order valence-corrected chi connectivity index (χ0v) is 19.7. The Balaban J connectivity index is 1.63. The summed E-state index contributed by atoms with van der Waals surface area (Å²) in [5, 5.41) is 13.1. The van der Waals surface area contributed by atoms with E-state index in [0.717, 1.165) is 15.4 Å². The number of benzene rings is 2. The lowest BCUT2D eigenvalue weighted by Crippen LogP contribution is -2.20. The van der Waals surface area contributed by atoms with E-state index < -0.39 is 4.92 Å². The lowest BCUT2D eigenvalue weighted by molar-refractivity contribution is -0.385. The summed E-state index contributed by atoms with van der Waals surface area (Å²) in [5.41, 5.74) is 1.10. The number of anilines is 2. The molecule has 0 radical (unpaired) electrons. The van der Waals surface area contributed by atoms with Gasteiger partial charge >= 0.3 is 11.6 Å². The largest absolute Gasteiger partial charge is 0.431 e. The van der Waals surface area contributed by atoms with Crippen LogP contribution >= 0.6 is 15.9 Å². The predicted molar refractivity (Wildman–Crippen MR) is 135 cm³/mol. The van der Waals surface area contributed by atoms with Gasteiger partial charge in [-0.05, 0) is 35.9 Å². The Bertz CT molecular complexity index is 1500. The van der Waals surface area contributed by atoms with Crippen LogP contribution in [-0.2, 0) is 6.54 Å². The van der Waals surface area contributed by atoms with Gasteiger partial charge in [0.25, 0.3) is 0 Å². The second-order valence-electron chi connectivity index (χ2n) is 7.41. The summed E-state index contributed by atoms with van der Waals surface area (Å²) in [6.45, 7) is 0.303. The lowest BCUT2D eigenvalue weighted by Gasteiger charge is -2.23. The van der Waals surface area contributed by atoms with Crippen LogP contribution in [0.5, 0.6) is 11.6 Å². The predicted octanol–water partition coefficient (Wildman–Crippen LogP) is 6.22. The van der Waals surface area contributed by atoms with E-state index in [4.69, 9.17) is 4.74 Å². The van der Waals surface area contributed by atoms with Crippen molar-refractivity contribution >= 4 is 44.2 Å². The van der Waals surface area contributed by atoms with Crippen LogP contribution in [-0.4, -0.2) is 24.9 Å². The SMILES string of the molecule is O=[N+]([O-])c1c(Oc2ccc(Br)c3cccnc23)ncnc1N(Cc1ccccc1)c1ccccn1. The second kappa shape index (κ2) is 9.82. The van der Waals surface area contributed by atoms with E-state index in [-0.39, 0.29) is 17.4 Å². The Morgan fingerprint density at radius 1 is 0.886 bits per heavy atom. The van der Waals surface area contributed by atoms with E-state index in [9.17, 15) is 10.1 Å². The zero-order chi connectivity index (χ0) is 24.2. The van der Waals surface area contributed by atoms with E-state index >= 15 is 0 Å². The molecule has 9 nitrogen and oxygen atoms in total. The molecule has 0 saturated heterocycles. The van der Waals surface area contributed by atoms with Crippen molar-refractivity contribution in [3.05, 3.63) is 112 Å². The second-order valence-corrected chi connectivity index (χ2v) is 8.27. The Labute approximate surface area is 208 Å². The molecule has 2 aromatic carbocycles. The highest BCUT2D eigenvalue weighted by molar-refractivity contribution is 9.10. The fourth-order valence-electron chi connectivity index (χ4n) is 3.63. The number of rotatable bonds is 7. The number of fused-ring (bicyclic) bond motifs is 1. The molecule has 0 saturated carbocycles. The fraction of sp³-hybridized carbons (Fsp3) is 0.0400. The van der Waals surface area contributed by atoms with Crippen molar-refractivity contribution in [1.29, 1.82) is 0 Å². The van der Waals surface area contributed by atoms with E-state index in [2.05, 4.69) is 35.9 Å². The Kier molecular flexibility index (Phi) is 6.27. The molecule has 0 aliphatic heterocycles. The third-order valence-corrected chi connectivity index (χ3v) is 5.89. The molecule has 5 aromatic rings. The van der Waals surface area contributed by atoms with Gasteiger partial charge in [0.1, 0.15) is 17.7 Å². The van der Waals surface area contributed by atoms with Crippen molar-refractivity contribution in [1.82, 2.24) is 19.9 Å². The van der Waals surface area contributed by atoms with E-state index in [1.54, 1.807) is 47.6 Å². The summed E-state index contributed by atoms with van der Waals surface area (Å²) < 4.78 is 6.82. The van der Waals surface area contributed by atoms with Gasteiger partial charge in [-0.25, -0.2) is 9.97 Å². The third kappa shape index (κ3) is 4.64. The quantitative estimate of drug-likeness (QED) is 0.181. The number of nitro groups is 1. The first-order valence-corrected chi connectivity index (χ1v) is 11.3. The van der Waals surface area contributed by atoms with Crippen molar-refractivity contribution in [3.63, 3.8) is 0 Å². The standard InChI is InChI=1S/C25H17BrN6O3/c26-19-11-12-20(22-18(19)9-6-14-28-22)35-25-23(32(33)34)24(29-16-30-25)31(21-10-4-5-13-27-21)15-17-7-2-1-3-8-17/h1-14,16H,15H2. The molecule has 0 aliphatic rings. The molecule has 3 aromatic heterocycles. The van der Waals surface area contributed by atoms with Gasteiger partial charge in [0.05, 0.1) is 11.5 Å². The van der Waals surface area contributed by atoms with Gasteiger partial charge in [0.2, 0.25) is 5.82 Å². The Hall–Kier alpha value is -4.44. The van der Waals surface area contributed by atoms with Crippen LogP contribution in [0.3, 0.4) is 0 Å². The summed E-state index contributed by atoms with van der Waals surface area (Å²) >= 11 is 3.50. The highest BCUT2D eigenvalue weighted by Crippen LogP contribution is 2.40. The fourth-order valence-corrected chi connectivity index (χ4v) is 4.08. The molecular formula is C25H17BrN6O3. The van der Waals surface area contributed by atoms with Crippen LogP contribution < -0.4 is 9.64 Å². The Morgan fingerprint density at radius 3 is 2.46 bits per heavy atom. The molecule has 5 rings (SSSR count). The van der Waals surface area contributed by atoms with Gasteiger partial charge in [-0.2, -0.15) is 4.98 Å². The number of hydrogen-bond acceptors (Lipinski definition) is 8. The maximum absolute atomic E-state index is 12.3. The highest BCUT2D eigenvalue weighted by Gasteiger charge is 2.30. The number of pyridine rings is 2. The average molecular weight is 529 g/mol. The maximum Gasteiger partial charge on any atom is 0.373 e. The van der Waals surface area contributed by atoms with E-state index in [1.807, 2.05) is 42.5 Å². The first-order chi connectivity index (χ1) is 17.1. The van der Waals surface area contributed by atoms with Crippen molar-refractivity contribution in [2.45, 2.75) is 6.54 Å². The summed E-state index contributed by atoms with van der Waals surface area (Å²) in [6, 6.07) is 22.1. The van der Waals surface area contributed by atoms with Gasteiger partial charge in [-0.3, -0.25) is 15.1 Å². The number of ether oxygens (including phenoxy) is 1. The zero-order valence-electron chi connectivity index (χ0n) is 18.2. The van der Waals surface area contributed by atoms with Gasteiger partial charge in [0, 0.05) is 22.3 Å². The van der Waals surface area contributed by atoms with E-state index in [0.29, 0.717) is 23.6 Å². The Morgan fingerprint density at radius 2 is 1.69 bits per heavy atom. The van der Waals surface area contributed by atoms with Crippen LogP contribution in [0.15, 0.2) is 96.0 Å². The molecule has 0 atom stereocenters. The number of hydrogen-bond donors (Lipinski definition) is 0. The summed E-state index contributed by atoms with van der Waals surface area (Å²) in [6.07, 6.45) is 4.49. The van der Waals surface area contributed by atoms with Gasteiger partial charge in [-0.1, -0.05) is 58.4 Å². The maximum atomic E-state index is 12.3. The van der Waals surface area contributed by atoms with Crippen molar-refractivity contribution in [2.24, 2.45) is 0 Å². The van der Waals surface area contributed by atoms with Crippen molar-refractivity contribution in [3.8, 4) is 11.6 Å². The molecule has 0 N–H and O–H groups in total. The van der Waals surface area contributed by atoms with Crippen molar-refractivity contribution < 1.29 is 9.66 Å². The van der Waals surface area contributed by atoms with Gasteiger partial charge in [0.15, 0.2) is 5.75 Å². The number of nitrogens with zero attached hydrogens (tertiary/aromatic N) is 6. The summed E-state index contributed by atoms with van der Waals surface area (Å²) in [7, 11) is 0. The molecule has 0 spiro atoms. The smallest absolute Gasteiger partial charge is 0.373 e. The van der Waals surface area contributed by atoms with Crippen molar-refractivity contribution in [2.75, 3.05) is 4.90 Å². The minimum atomic E-state index is -0.542. The van der Waals surface area contributed by atoms with Gasteiger partial charge < -0.3 is 9.64 Å². The summed E-state index contributed by atoms with van der Waals surface area (Å²) in [5.74, 6) is 0.712. The third-order valence-electron chi connectivity index (χ3n) is 5.20. The topological polar surface area (TPSA) is 107 Å². The molecule has 0 fully saturated rings. The summed E-state index contributed by atoms with van der Waals surface area (Å²) in [4.78, 5) is 30.6.